The molecule has 1 heterocycles. The van der Waals surface area contributed by atoms with Crippen LogP contribution in [-0.4, -0.2) is 38.4 Å². The largest absolute Gasteiger partial charge is 0.376 e. The number of ether oxygens (including phenoxy) is 1. The highest BCUT2D eigenvalue weighted by molar-refractivity contribution is 6.42. The zero-order valence-corrected chi connectivity index (χ0v) is 21.0. The molecule has 0 aromatic heterocycles. The van der Waals surface area contributed by atoms with Gasteiger partial charge in [-0.05, 0) is 34.9 Å². The summed E-state index contributed by atoms with van der Waals surface area (Å²) in [5, 5.41) is 3.55. The molecule has 0 fully saturated rings. The first-order valence-electron chi connectivity index (χ1n) is 11.1. The van der Waals surface area contributed by atoms with E-state index in [9.17, 15) is 9.59 Å². The van der Waals surface area contributed by atoms with Crippen LogP contribution in [-0.2, 0) is 14.3 Å². The minimum atomic E-state index is -1.06. The Morgan fingerprint density at radius 2 is 1.77 bits per heavy atom. The van der Waals surface area contributed by atoms with Gasteiger partial charge in [0.2, 0.25) is 12.1 Å². The van der Waals surface area contributed by atoms with E-state index in [1.54, 1.807) is 38.4 Å². The van der Waals surface area contributed by atoms with Crippen molar-refractivity contribution in [1.29, 1.82) is 0 Å². The van der Waals surface area contributed by atoms with E-state index in [0.717, 1.165) is 22.4 Å². The lowest BCUT2D eigenvalue weighted by Gasteiger charge is -2.25. The third-order valence-electron chi connectivity index (χ3n) is 6.10. The highest BCUT2D eigenvalue weighted by Crippen LogP contribution is 2.32. The summed E-state index contributed by atoms with van der Waals surface area (Å²) >= 11 is 12.2. The molecule has 35 heavy (non-hydrogen) atoms. The van der Waals surface area contributed by atoms with E-state index in [-0.39, 0.29) is 11.8 Å². The van der Waals surface area contributed by atoms with Gasteiger partial charge in [-0.15, -0.1) is 0 Å². The number of hydrogen-bond acceptors (Lipinski definition) is 4. The first-order chi connectivity index (χ1) is 16.8. The first kappa shape index (κ1) is 24.9. The number of benzene rings is 3. The normalized spacial score (nSPS) is 16.9. The van der Waals surface area contributed by atoms with Gasteiger partial charge in [-0.2, -0.15) is 0 Å². The summed E-state index contributed by atoms with van der Waals surface area (Å²) in [6.07, 6.45) is -0.0275. The molecule has 3 atom stereocenters. The van der Waals surface area contributed by atoms with Gasteiger partial charge in [0.15, 0.2) is 0 Å². The molecule has 1 N–H and O–H groups in total. The molecule has 0 radical (unpaired) electrons. The van der Waals surface area contributed by atoms with Gasteiger partial charge in [-0.3, -0.25) is 14.6 Å². The number of carbonyl (C=O) groups excluding carboxylic acids is 2. The van der Waals surface area contributed by atoms with Crippen LogP contribution in [0.3, 0.4) is 0 Å². The lowest BCUT2D eigenvalue weighted by molar-refractivity contribution is -0.132. The van der Waals surface area contributed by atoms with Crippen LogP contribution >= 0.6 is 23.2 Å². The van der Waals surface area contributed by atoms with Crippen LogP contribution < -0.4 is 10.2 Å². The van der Waals surface area contributed by atoms with Crippen molar-refractivity contribution in [2.75, 3.05) is 19.1 Å². The summed E-state index contributed by atoms with van der Waals surface area (Å²) in [6, 6.07) is 20.9. The molecule has 0 unspecified atom stereocenters. The van der Waals surface area contributed by atoms with Gasteiger partial charge in [0.1, 0.15) is 0 Å². The van der Waals surface area contributed by atoms with E-state index >= 15 is 0 Å². The van der Waals surface area contributed by atoms with Crippen LogP contribution in [0.25, 0.3) is 11.1 Å². The number of hydrogen-bond donors (Lipinski definition) is 1. The number of halogens is 2. The van der Waals surface area contributed by atoms with Gasteiger partial charge >= 0.3 is 0 Å². The molecule has 1 aliphatic heterocycles. The maximum atomic E-state index is 13.2. The number of methoxy groups -OCH3 is 1. The molecule has 1 aliphatic rings. The summed E-state index contributed by atoms with van der Waals surface area (Å²) < 4.78 is 5.59. The molecule has 180 valence electrons. The van der Waals surface area contributed by atoms with E-state index in [1.807, 2.05) is 48.5 Å². The second-order valence-electron chi connectivity index (χ2n) is 8.34. The number of benzodiazepines with no additional fused rings is 1. The topological polar surface area (TPSA) is 71.0 Å². The molecule has 2 amide bonds. The number of anilines is 1. The fourth-order valence-corrected chi connectivity index (χ4v) is 4.40. The Kier molecular flexibility index (Phi) is 7.55. The quantitative estimate of drug-likeness (QED) is 0.475. The average Bonchev–Trinajstić information content (AvgIpc) is 2.98. The minimum absolute atomic E-state index is 0.339. The Morgan fingerprint density at radius 1 is 1.03 bits per heavy atom. The monoisotopic (exact) mass is 509 g/mol. The Balaban J connectivity index is 1.53. The van der Waals surface area contributed by atoms with Gasteiger partial charge in [-0.25, -0.2) is 0 Å². The summed E-state index contributed by atoms with van der Waals surface area (Å²) in [4.78, 5) is 32.3. The van der Waals surface area contributed by atoms with Gasteiger partial charge in [0, 0.05) is 25.9 Å². The molecule has 0 saturated heterocycles. The van der Waals surface area contributed by atoms with Crippen molar-refractivity contribution in [3.8, 4) is 11.1 Å². The SMILES string of the molecule is CO[C@@H](c1ccc(Cl)c(Cl)c1)[C@@H](C)C(=O)N[C@H]1N=Cc2ccc(-c3ccccc3)cc2N(C)C1=O. The molecule has 0 saturated carbocycles. The van der Waals surface area contributed by atoms with Gasteiger partial charge < -0.3 is 15.0 Å². The zero-order valence-electron chi connectivity index (χ0n) is 19.5. The molecule has 8 heteroatoms. The number of nitrogens with zero attached hydrogens (tertiary/aromatic N) is 2. The Hall–Kier alpha value is -3.19. The highest BCUT2D eigenvalue weighted by Gasteiger charge is 2.32. The lowest BCUT2D eigenvalue weighted by Crippen LogP contribution is -2.48. The van der Waals surface area contributed by atoms with Crippen molar-refractivity contribution in [2.24, 2.45) is 10.9 Å². The molecule has 0 aliphatic carbocycles. The van der Waals surface area contributed by atoms with Crippen molar-refractivity contribution in [1.82, 2.24) is 5.32 Å². The molecule has 6 nitrogen and oxygen atoms in total. The molecular weight excluding hydrogens is 485 g/mol. The van der Waals surface area contributed by atoms with Gasteiger partial charge in [0.25, 0.3) is 5.91 Å². The number of rotatable bonds is 6. The smallest absolute Gasteiger partial charge is 0.272 e. The van der Waals surface area contributed by atoms with Crippen LogP contribution in [0, 0.1) is 5.92 Å². The molecule has 0 bridgehead atoms. The highest BCUT2D eigenvalue weighted by atomic mass is 35.5. The number of nitrogens with one attached hydrogen (secondary N) is 1. The van der Waals surface area contributed by atoms with E-state index in [0.29, 0.717) is 15.6 Å². The molecule has 4 rings (SSSR count). The third-order valence-corrected chi connectivity index (χ3v) is 6.84. The van der Waals surface area contributed by atoms with Crippen molar-refractivity contribution in [3.05, 3.63) is 87.9 Å². The van der Waals surface area contributed by atoms with Crippen LogP contribution in [0.4, 0.5) is 5.69 Å². The summed E-state index contributed by atoms with van der Waals surface area (Å²) in [5.74, 6) is -1.34. The summed E-state index contributed by atoms with van der Waals surface area (Å²) in [6.45, 7) is 1.72. The lowest BCUT2D eigenvalue weighted by atomic mass is 9.96. The van der Waals surface area contributed by atoms with Crippen LogP contribution in [0.5, 0.6) is 0 Å². The maximum Gasteiger partial charge on any atom is 0.272 e. The van der Waals surface area contributed by atoms with Crippen molar-refractivity contribution < 1.29 is 14.3 Å². The van der Waals surface area contributed by atoms with Gasteiger partial charge in [-0.1, -0.05) is 78.7 Å². The van der Waals surface area contributed by atoms with Crippen LogP contribution in [0.15, 0.2) is 71.7 Å². The Labute approximate surface area is 214 Å². The Bertz CT molecular complexity index is 1280. The fraction of sp³-hybridized carbons (Fsp3) is 0.222. The molecular formula is C27H25Cl2N3O3. The van der Waals surface area contributed by atoms with Crippen LogP contribution in [0.1, 0.15) is 24.2 Å². The number of carbonyl (C=O) groups is 2. The van der Waals surface area contributed by atoms with E-state index < -0.39 is 18.2 Å². The van der Waals surface area contributed by atoms with E-state index in [2.05, 4.69) is 10.3 Å². The number of amides is 2. The first-order valence-corrected chi connectivity index (χ1v) is 11.8. The molecule has 0 spiro atoms. The van der Waals surface area contributed by atoms with Crippen LogP contribution in [0.2, 0.25) is 10.0 Å². The van der Waals surface area contributed by atoms with Crippen molar-refractivity contribution in [3.63, 3.8) is 0 Å². The maximum absolute atomic E-state index is 13.2. The zero-order chi connectivity index (χ0) is 25.1. The van der Waals surface area contributed by atoms with E-state index in [1.165, 1.54) is 12.0 Å². The second kappa shape index (κ2) is 10.6. The number of likely N-dealkylation sites (N-methyl/N-ethyl adjacent to an activating group) is 1. The summed E-state index contributed by atoms with van der Waals surface area (Å²) in [5.41, 5.74) is 4.24. The standard InChI is InChI=1S/C27H25Cl2N3O3/c1-16(24(35-3)19-11-12-21(28)22(29)13-19)26(33)31-25-27(34)32(2)23-14-18(9-10-20(23)15-30-25)17-7-5-4-6-8-17/h4-16,24-25H,1-3H3,(H,31,33)/t16-,24-,25-/m1/s1. The number of fused-ring (bicyclic) bond motifs is 1. The van der Waals surface area contributed by atoms with Gasteiger partial charge in [0.05, 0.1) is 27.8 Å². The third kappa shape index (κ3) is 5.25. The predicted octanol–water partition coefficient (Wildman–Crippen LogP) is 5.52. The predicted molar refractivity (Wildman–Crippen MR) is 140 cm³/mol. The molecule has 3 aromatic rings. The van der Waals surface area contributed by atoms with Crippen molar-refractivity contribution in [2.45, 2.75) is 19.2 Å². The summed E-state index contributed by atoms with van der Waals surface area (Å²) in [7, 11) is 3.20. The minimum Gasteiger partial charge on any atom is -0.376 e. The number of aliphatic imine (C=N–C) groups is 1. The fourth-order valence-electron chi connectivity index (χ4n) is 4.10. The van der Waals surface area contributed by atoms with E-state index in [4.69, 9.17) is 27.9 Å². The van der Waals surface area contributed by atoms with Crippen molar-refractivity contribution >= 4 is 46.9 Å². The Morgan fingerprint density at radius 3 is 2.46 bits per heavy atom. The molecule has 3 aromatic carbocycles. The average molecular weight is 510 g/mol. The second-order valence-corrected chi connectivity index (χ2v) is 9.16.